The minimum Gasteiger partial charge on any atom is -0.384 e. The molecule has 0 saturated carbocycles. The van der Waals surface area contributed by atoms with Crippen LogP contribution in [0.5, 0.6) is 0 Å². The summed E-state index contributed by atoms with van der Waals surface area (Å²) >= 11 is 6.06. The van der Waals surface area contributed by atoms with Crippen LogP contribution >= 0.6 is 11.6 Å². The van der Waals surface area contributed by atoms with Gasteiger partial charge in [0.05, 0.1) is 0 Å². The van der Waals surface area contributed by atoms with Crippen molar-refractivity contribution in [2.45, 2.75) is 20.3 Å². The summed E-state index contributed by atoms with van der Waals surface area (Å²) in [6.07, 6.45) is 0.403. The van der Waals surface area contributed by atoms with Crippen molar-refractivity contribution in [1.82, 2.24) is 0 Å². The van der Waals surface area contributed by atoms with E-state index in [0.29, 0.717) is 13.0 Å². The second kappa shape index (κ2) is 7.14. The maximum absolute atomic E-state index is 11.9. The molecule has 2 aromatic rings. The second-order valence-corrected chi connectivity index (χ2v) is 5.36. The van der Waals surface area contributed by atoms with Crippen LogP contribution < -0.4 is 10.6 Å². The monoisotopic (exact) mass is 302 g/mol. The maximum Gasteiger partial charge on any atom is 0.226 e. The van der Waals surface area contributed by atoms with Gasteiger partial charge in [-0.15, -0.1) is 0 Å². The molecule has 0 aromatic heterocycles. The Balaban J connectivity index is 1.85. The van der Waals surface area contributed by atoms with Crippen molar-refractivity contribution in [3.8, 4) is 0 Å². The highest BCUT2D eigenvalue weighted by molar-refractivity contribution is 6.31. The van der Waals surface area contributed by atoms with Crippen LogP contribution in [0.25, 0.3) is 0 Å². The number of hydrogen-bond acceptors (Lipinski definition) is 2. The van der Waals surface area contributed by atoms with Crippen molar-refractivity contribution in [3.63, 3.8) is 0 Å². The molecule has 2 aromatic carbocycles. The van der Waals surface area contributed by atoms with E-state index in [1.807, 2.05) is 56.3 Å². The molecule has 0 radical (unpaired) electrons. The minimum atomic E-state index is -0.00326. The van der Waals surface area contributed by atoms with E-state index < -0.39 is 0 Å². The lowest BCUT2D eigenvalue weighted by Crippen LogP contribution is -2.17. The molecule has 110 valence electrons. The Kier molecular flexibility index (Phi) is 5.23. The van der Waals surface area contributed by atoms with Gasteiger partial charge in [-0.1, -0.05) is 35.9 Å². The molecule has 0 bridgehead atoms. The first-order chi connectivity index (χ1) is 10.1. The van der Waals surface area contributed by atoms with Crippen LogP contribution in [0.2, 0.25) is 5.02 Å². The molecule has 21 heavy (non-hydrogen) atoms. The zero-order chi connectivity index (χ0) is 15.2. The highest BCUT2D eigenvalue weighted by Gasteiger charge is 2.05. The predicted molar refractivity (Wildman–Crippen MR) is 89.1 cm³/mol. The number of hydrogen-bond donors (Lipinski definition) is 2. The first-order valence-corrected chi connectivity index (χ1v) is 7.30. The van der Waals surface area contributed by atoms with Crippen molar-refractivity contribution in [2.75, 3.05) is 17.2 Å². The van der Waals surface area contributed by atoms with Crippen LogP contribution in [0.15, 0.2) is 42.5 Å². The third-order valence-corrected chi connectivity index (χ3v) is 3.76. The van der Waals surface area contributed by atoms with Crippen LogP contribution in [0.4, 0.5) is 11.4 Å². The van der Waals surface area contributed by atoms with Crippen LogP contribution in [-0.4, -0.2) is 12.5 Å². The first-order valence-electron chi connectivity index (χ1n) is 6.92. The lowest BCUT2D eigenvalue weighted by Gasteiger charge is -2.11. The van der Waals surface area contributed by atoms with E-state index in [1.165, 1.54) is 0 Å². The number of nitrogens with one attached hydrogen (secondary N) is 2. The standard InChI is InChI=1S/C17H19ClN2O/c1-12-6-3-4-8-15(12)20-17(21)10-11-19-16-9-5-7-14(18)13(16)2/h3-9,19H,10-11H2,1-2H3,(H,20,21). The zero-order valence-corrected chi connectivity index (χ0v) is 13.0. The molecule has 2 N–H and O–H groups in total. The normalized spacial score (nSPS) is 10.2. The quantitative estimate of drug-likeness (QED) is 0.859. The maximum atomic E-state index is 11.9. The average Bonchev–Trinajstić information content (AvgIpc) is 2.46. The molecular formula is C17H19ClN2O. The van der Waals surface area contributed by atoms with E-state index in [1.54, 1.807) is 0 Å². The SMILES string of the molecule is Cc1ccccc1NC(=O)CCNc1cccc(Cl)c1C. The molecule has 0 aliphatic heterocycles. The number of carbonyl (C=O) groups excluding carboxylic acids is 1. The summed E-state index contributed by atoms with van der Waals surface area (Å²) in [5.74, 6) is -0.00326. The van der Waals surface area contributed by atoms with E-state index >= 15 is 0 Å². The molecule has 4 heteroatoms. The van der Waals surface area contributed by atoms with E-state index in [-0.39, 0.29) is 5.91 Å². The van der Waals surface area contributed by atoms with Gasteiger partial charge in [-0.25, -0.2) is 0 Å². The number of amides is 1. The lowest BCUT2D eigenvalue weighted by atomic mass is 10.2. The molecule has 0 aliphatic carbocycles. The molecule has 0 unspecified atom stereocenters. The Morgan fingerprint density at radius 3 is 2.52 bits per heavy atom. The molecule has 3 nitrogen and oxygen atoms in total. The van der Waals surface area contributed by atoms with Gasteiger partial charge in [0.15, 0.2) is 0 Å². The molecule has 0 atom stereocenters. The zero-order valence-electron chi connectivity index (χ0n) is 12.2. The Morgan fingerprint density at radius 2 is 1.76 bits per heavy atom. The summed E-state index contributed by atoms with van der Waals surface area (Å²) in [6, 6.07) is 13.5. The van der Waals surface area contributed by atoms with Gasteiger partial charge in [0.1, 0.15) is 0 Å². The Hall–Kier alpha value is -2.00. The Morgan fingerprint density at radius 1 is 1.05 bits per heavy atom. The number of anilines is 2. The molecule has 0 heterocycles. The topological polar surface area (TPSA) is 41.1 Å². The van der Waals surface area contributed by atoms with Crippen molar-refractivity contribution in [1.29, 1.82) is 0 Å². The van der Waals surface area contributed by atoms with Crippen molar-refractivity contribution >= 4 is 28.9 Å². The summed E-state index contributed by atoms with van der Waals surface area (Å²) in [5, 5.41) is 6.88. The minimum absolute atomic E-state index is 0.00326. The number of para-hydroxylation sites is 1. The van der Waals surface area contributed by atoms with E-state index in [4.69, 9.17) is 11.6 Å². The van der Waals surface area contributed by atoms with Crippen LogP contribution in [0, 0.1) is 13.8 Å². The average molecular weight is 303 g/mol. The van der Waals surface area contributed by atoms with Gasteiger partial charge in [-0.05, 0) is 43.2 Å². The molecule has 2 rings (SSSR count). The predicted octanol–water partition coefficient (Wildman–Crippen LogP) is 4.40. The molecule has 1 amide bonds. The number of aryl methyl sites for hydroxylation is 1. The fraction of sp³-hybridized carbons (Fsp3) is 0.235. The summed E-state index contributed by atoms with van der Waals surface area (Å²) in [4.78, 5) is 11.9. The smallest absolute Gasteiger partial charge is 0.226 e. The summed E-state index contributed by atoms with van der Waals surface area (Å²) < 4.78 is 0. The van der Waals surface area contributed by atoms with Crippen molar-refractivity contribution < 1.29 is 4.79 Å². The van der Waals surface area contributed by atoms with E-state index in [9.17, 15) is 4.79 Å². The summed E-state index contributed by atoms with van der Waals surface area (Å²) in [5.41, 5.74) is 3.88. The van der Waals surface area contributed by atoms with Gasteiger partial charge in [0.2, 0.25) is 5.91 Å². The summed E-state index contributed by atoms with van der Waals surface area (Å²) in [7, 11) is 0. The van der Waals surface area contributed by atoms with Crippen molar-refractivity contribution in [3.05, 3.63) is 58.6 Å². The molecule has 0 spiro atoms. The van der Waals surface area contributed by atoms with Crippen molar-refractivity contribution in [2.24, 2.45) is 0 Å². The largest absolute Gasteiger partial charge is 0.384 e. The van der Waals surface area contributed by atoms with Gasteiger partial charge in [-0.2, -0.15) is 0 Å². The third-order valence-electron chi connectivity index (χ3n) is 3.35. The highest BCUT2D eigenvalue weighted by atomic mass is 35.5. The molecular weight excluding hydrogens is 284 g/mol. The van der Waals surface area contributed by atoms with E-state index in [0.717, 1.165) is 27.5 Å². The fourth-order valence-electron chi connectivity index (χ4n) is 2.04. The van der Waals surface area contributed by atoms with Crippen LogP contribution in [0.1, 0.15) is 17.5 Å². The third kappa shape index (κ3) is 4.23. The lowest BCUT2D eigenvalue weighted by molar-refractivity contribution is -0.115. The van der Waals surface area contributed by atoms with Gasteiger partial charge in [0, 0.05) is 29.4 Å². The van der Waals surface area contributed by atoms with Gasteiger partial charge in [0.25, 0.3) is 0 Å². The first kappa shape index (κ1) is 15.4. The molecule has 0 fully saturated rings. The summed E-state index contributed by atoms with van der Waals surface area (Å²) in [6.45, 7) is 4.50. The molecule has 0 saturated heterocycles. The number of benzene rings is 2. The molecule has 0 aliphatic rings. The van der Waals surface area contributed by atoms with Gasteiger partial charge in [-0.3, -0.25) is 4.79 Å². The van der Waals surface area contributed by atoms with E-state index in [2.05, 4.69) is 10.6 Å². The number of halogens is 1. The number of carbonyl (C=O) groups is 1. The van der Waals surface area contributed by atoms with Gasteiger partial charge >= 0.3 is 0 Å². The van der Waals surface area contributed by atoms with Crippen LogP contribution in [-0.2, 0) is 4.79 Å². The number of rotatable bonds is 5. The highest BCUT2D eigenvalue weighted by Crippen LogP contribution is 2.22. The fourth-order valence-corrected chi connectivity index (χ4v) is 2.21. The van der Waals surface area contributed by atoms with Crippen LogP contribution in [0.3, 0.4) is 0 Å². The van der Waals surface area contributed by atoms with Gasteiger partial charge < -0.3 is 10.6 Å². The Labute approximate surface area is 130 Å². The Bertz CT molecular complexity index is 640. The second-order valence-electron chi connectivity index (χ2n) is 4.95.